The van der Waals surface area contributed by atoms with Gasteiger partial charge >= 0.3 is 0 Å². The van der Waals surface area contributed by atoms with Crippen molar-refractivity contribution in [2.45, 2.75) is 27.2 Å². The second-order valence-corrected chi connectivity index (χ2v) is 8.12. The summed E-state index contributed by atoms with van der Waals surface area (Å²) in [5, 5.41) is 8.73. The van der Waals surface area contributed by atoms with Crippen molar-refractivity contribution in [2.24, 2.45) is 0 Å². The van der Waals surface area contributed by atoms with Gasteiger partial charge in [-0.2, -0.15) is 0 Å². The minimum absolute atomic E-state index is 0.377. The van der Waals surface area contributed by atoms with Crippen LogP contribution in [-0.4, -0.2) is 36.4 Å². The zero-order chi connectivity index (χ0) is 8.74. The minimum atomic E-state index is -0.615. The topological polar surface area (TPSA) is 20.2 Å². The molecule has 11 heavy (non-hydrogen) atoms. The summed E-state index contributed by atoms with van der Waals surface area (Å²) < 4.78 is 0. The molecular weight excluding hydrogens is 155 g/mol. The number of hydrogen-bond acceptors (Lipinski definition) is 1. The van der Waals surface area contributed by atoms with Gasteiger partial charge in [0.15, 0.2) is 0 Å². The summed E-state index contributed by atoms with van der Waals surface area (Å²) in [7, 11) is -0.615. The lowest BCUT2D eigenvalue weighted by molar-refractivity contribution is 0.295. The number of aliphatic hydroxyl groups is 1. The lowest BCUT2D eigenvalue weighted by atomic mass is 10.5. The first-order valence-electron chi connectivity index (χ1n) is 4.70. The highest BCUT2D eigenvalue weighted by Crippen LogP contribution is 2.57. The molecule has 0 rings (SSSR count). The molecular formula is C9H22OP+. The Bertz CT molecular complexity index is 81.3. The van der Waals surface area contributed by atoms with Gasteiger partial charge in [-0.05, 0) is 20.8 Å². The molecule has 0 fully saturated rings. The van der Waals surface area contributed by atoms with E-state index in [9.17, 15) is 0 Å². The summed E-state index contributed by atoms with van der Waals surface area (Å²) in [5.41, 5.74) is 0. The van der Waals surface area contributed by atoms with Gasteiger partial charge in [0.1, 0.15) is 0 Å². The van der Waals surface area contributed by atoms with E-state index < -0.39 is 7.26 Å². The Morgan fingerprint density at radius 3 is 1.73 bits per heavy atom. The van der Waals surface area contributed by atoms with Crippen LogP contribution >= 0.6 is 7.26 Å². The van der Waals surface area contributed by atoms with Crippen LogP contribution in [-0.2, 0) is 0 Å². The monoisotopic (exact) mass is 177 g/mol. The third kappa shape index (κ3) is 3.53. The van der Waals surface area contributed by atoms with Gasteiger partial charge < -0.3 is 5.11 Å². The Hall–Kier alpha value is 0.390. The standard InChI is InChI=1S/C9H22OP/c1-4-11(5-2,6-3)9-7-8-10/h10H,4-9H2,1-3H3/q+1. The van der Waals surface area contributed by atoms with Crippen molar-refractivity contribution in [1.82, 2.24) is 0 Å². The molecule has 68 valence electrons. The Morgan fingerprint density at radius 2 is 1.45 bits per heavy atom. The number of rotatable bonds is 6. The fourth-order valence-corrected chi connectivity index (χ4v) is 4.65. The maximum Gasteiger partial charge on any atom is 0.0615 e. The lowest BCUT2D eigenvalue weighted by Crippen LogP contribution is -2.08. The maximum atomic E-state index is 8.73. The van der Waals surface area contributed by atoms with Crippen molar-refractivity contribution in [3.05, 3.63) is 0 Å². The van der Waals surface area contributed by atoms with Crippen LogP contribution in [0.25, 0.3) is 0 Å². The van der Waals surface area contributed by atoms with E-state index in [2.05, 4.69) is 20.8 Å². The van der Waals surface area contributed by atoms with E-state index in [0.717, 1.165) is 6.42 Å². The first-order chi connectivity index (χ1) is 5.24. The summed E-state index contributed by atoms with van der Waals surface area (Å²) in [5.74, 6) is 0. The fraction of sp³-hybridized carbons (Fsp3) is 1.00. The van der Waals surface area contributed by atoms with Crippen LogP contribution in [0.4, 0.5) is 0 Å². The van der Waals surface area contributed by atoms with Crippen LogP contribution in [0, 0.1) is 0 Å². The molecule has 0 saturated heterocycles. The molecule has 1 nitrogen and oxygen atoms in total. The molecule has 0 aromatic carbocycles. The molecule has 0 unspecified atom stereocenters. The van der Waals surface area contributed by atoms with Crippen LogP contribution in [0.15, 0.2) is 0 Å². The largest absolute Gasteiger partial charge is 0.396 e. The van der Waals surface area contributed by atoms with Crippen molar-refractivity contribution < 1.29 is 5.11 Å². The maximum absolute atomic E-state index is 8.73. The quantitative estimate of drug-likeness (QED) is 0.618. The summed E-state index contributed by atoms with van der Waals surface area (Å²) in [6, 6.07) is 0. The Balaban J connectivity index is 3.84. The normalized spacial score (nSPS) is 12.0. The van der Waals surface area contributed by atoms with Gasteiger partial charge in [-0.25, -0.2) is 0 Å². The van der Waals surface area contributed by atoms with Gasteiger partial charge in [0.05, 0.1) is 24.6 Å². The van der Waals surface area contributed by atoms with Gasteiger partial charge in [-0.1, -0.05) is 0 Å². The third-order valence-corrected chi connectivity index (χ3v) is 8.09. The van der Waals surface area contributed by atoms with Crippen molar-refractivity contribution in [1.29, 1.82) is 0 Å². The van der Waals surface area contributed by atoms with Gasteiger partial charge in [0, 0.05) is 20.3 Å². The van der Waals surface area contributed by atoms with E-state index in [0.29, 0.717) is 6.61 Å². The molecule has 0 aromatic rings. The van der Waals surface area contributed by atoms with Gasteiger partial charge in [-0.3, -0.25) is 0 Å². The molecule has 0 amide bonds. The third-order valence-electron chi connectivity index (χ3n) is 2.80. The predicted molar refractivity (Wildman–Crippen MR) is 55.1 cm³/mol. The summed E-state index contributed by atoms with van der Waals surface area (Å²) in [6.07, 6.45) is 6.40. The first-order valence-corrected chi connectivity index (χ1v) is 7.23. The molecule has 0 spiro atoms. The smallest absolute Gasteiger partial charge is 0.0615 e. The van der Waals surface area contributed by atoms with Crippen molar-refractivity contribution in [2.75, 3.05) is 31.3 Å². The van der Waals surface area contributed by atoms with Crippen molar-refractivity contribution in [3.63, 3.8) is 0 Å². The molecule has 0 bridgehead atoms. The molecule has 2 heteroatoms. The fourth-order valence-electron chi connectivity index (χ4n) is 1.55. The molecule has 0 radical (unpaired) electrons. The molecule has 0 aliphatic carbocycles. The van der Waals surface area contributed by atoms with Crippen molar-refractivity contribution in [3.8, 4) is 0 Å². The second kappa shape index (κ2) is 5.97. The average Bonchev–Trinajstić information content (AvgIpc) is 2.08. The summed E-state index contributed by atoms with van der Waals surface area (Å²) in [6.45, 7) is 7.29. The molecule has 0 aliphatic rings. The van der Waals surface area contributed by atoms with E-state index >= 15 is 0 Å². The molecule has 1 N–H and O–H groups in total. The highest BCUT2D eigenvalue weighted by molar-refractivity contribution is 7.75. The van der Waals surface area contributed by atoms with E-state index in [-0.39, 0.29) is 0 Å². The van der Waals surface area contributed by atoms with Crippen LogP contribution < -0.4 is 0 Å². The minimum Gasteiger partial charge on any atom is -0.396 e. The van der Waals surface area contributed by atoms with Crippen LogP contribution in [0.1, 0.15) is 27.2 Å². The Labute approximate surface area is 71.5 Å². The molecule has 0 aromatic heterocycles. The predicted octanol–water partition coefficient (Wildman–Crippen LogP) is 2.45. The van der Waals surface area contributed by atoms with Crippen LogP contribution in [0.3, 0.4) is 0 Å². The lowest BCUT2D eigenvalue weighted by Gasteiger charge is -2.22. The number of hydrogen-bond donors (Lipinski definition) is 1. The zero-order valence-electron chi connectivity index (χ0n) is 8.14. The second-order valence-electron chi connectivity index (χ2n) is 3.09. The zero-order valence-corrected chi connectivity index (χ0v) is 9.03. The van der Waals surface area contributed by atoms with E-state index in [4.69, 9.17) is 5.11 Å². The van der Waals surface area contributed by atoms with Gasteiger partial charge in [-0.15, -0.1) is 0 Å². The first kappa shape index (κ1) is 11.4. The van der Waals surface area contributed by atoms with Gasteiger partial charge in [0.25, 0.3) is 0 Å². The Kier molecular flexibility index (Phi) is 6.18. The van der Waals surface area contributed by atoms with E-state index in [1.165, 1.54) is 24.6 Å². The average molecular weight is 177 g/mol. The van der Waals surface area contributed by atoms with Crippen molar-refractivity contribution >= 4 is 7.26 Å². The number of aliphatic hydroxyl groups excluding tert-OH is 1. The van der Waals surface area contributed by atoms with Crippen LogP contribution in [0.5, 0.6) is 0 Å². The molecule has 0 heterocycles. The summed E-state index contributed by atoms with van der Waals surface area (Å²) in [4.78, 5) is 0. The van der Waals surface area contributed by atoms with Crippen LogP contribution in [0.2, 0.25) is 0 Å². The molecule has 0 saturated carbocycles. The molecule has 0 atom stereocenters. The van der Waals surface area contributed by atoms with Gasteiger partial charge in [0.2, 0.25) is 0 Å². The molecule has 0 aliphatic heterocycles. The van der Waals surface area contributed by atoms with E-state index in [1.807, 2.05) is 0 Å². The highest BCUT2D eigenvalue weighted by Gasteiger charge is 2.29. The Morgan fingerprint density at radius 1 is 1.00 bits per heavy atom. The SMILES string of the molecule is CC[P+](CC)(CC)CCCO. The highest BCUT2D eigenvalue weighted by atomic mass is 31.2. The van der Waals surface area contributed by atoms with E-state index in [1.54, 1.807) is 0 Å². The summed E-state index contributed by atoms with van der Waals surface area (Å²) >= 11 is 0.